The zero-order valence-corrected chi connectivity index (χ0v) is 10.5. The van der Waals surface area contributed by atoms with Crippen molar-refractivity contribution in [3.8, 4) is 0 Å². The Morgan fingerprint density at radius 3 is 2.69 bits per heavy atom. The van der Waals surface area contributed by atoms with Crippen LogP contribution in [0.25, 0.3) is 0 Å². The summed E-state index contributed by atoms with van der Waals surface area (Å²) < 4.78 is 5.36. The molecule has 0 aromatic rings. The Kier molecular flexibility index (Phi) is 4.74. The number of hydrogen-bond donors (Lipinski definition) is 1. The van der Waals surface area contributed by atoms with Crippen LogP contribution in [0.3, 0.4) is 0 Å². The largest absolute Gasteiger partial charge is 0.480 e. The van der Waals surface area contributed by atoms with E-state index in [1.54, 1.807) is 0 Å². The molecular formula is C12H23NO3. The van der Waals surface area contributed by atoms with E-state index in [9.17, 15) is 4.79 Å². The highest BCUT2D eigenvalue weighted by Crippen LogP contribution is 2.25. The molecule has 0 spiro atoms. The Morgan fingerprint density at radius 2 is 2.19 bits per heavy atom. The first-order valence-corrected chi connectivity index (χ1v) is 6.03. The lowest BCUT2D eigenvalue weighted by molar-refractivity contribution is -0.165. The van der Waals surface area contributed by atoms with E-state index in [1.807, 2.05) is 6.92 Å². The predicted molar refractivity (Wildman–Crippen MR) is 62.5 cm³/mol. The van der Waals surface area contributed by atoms with Crippen LogP contribution in [-0.4, -0.2) is 47.8 Å². The third-order valence-electron chi connectivity index (χ3n) is 3.01. The highest BCUT2D eigenvalue weighted by molar-refractivity contribution is 5.68. The van der Waals surface area contributed by atoms with Gasteiger partial charge in [-0.15, -0.1) is 0 Å². The number of rotatable bonds is 7. The van der Waals surface area contributed by atoms with E-state index < -0.39 is 5.97 Å². The van der Waals surface area contributed by atoms with Crippen LogP contribution in [0.15, 0.2) is 0 Å². The van der Waals surface area contributed by atoms with E-state index in [0.717, 1.165) is 19.6 Å². The molecule has 0 amide bonds. The van der Waals surface area contributed by atoms with Crippen LogP contribution in [-0.2, 0) is 9.53 Å². The maximum Gasteiger partial charge on any atom is 0.329 e. The SMILES string of the molecule is CCCC(C)CN1CC(C)(OCC(=O)O)C1. The van der Waals surface area contributed by atoms with E-state index in [2.05, 4.69) is 18.7 Å². The summed E-state index contributed by atoms with van der Waals surface area (Å²) in [6, 6.07) is 0. The summed E-state index contributed by atoms with van der Waals surface area (Å²) in [5, 5.41) is 8.54. The van der Waals surface area contributed by atoms with Gasteiger partial charge in [0.25, 0.3) is 0 Å². The van der Waals surface area contributed by atoms with E-state index >= 15 is 0 Å². The molecular weight excluding hydrogens is 206 g/mol. The van der Waals surface area contributed by atoms with Crippen molar-refractivity contribution >= 4 is 5.97 Å². The van der Waals surface area contributed by atoms with Gasteiger partial charge in [0, 0.05) is 19.6 Å². The quantitative estimate of drug-likeness (QED) is 0.720. The number of aliphatic carboxylic acids is 1. The van der Waals surface area contributed by atoms with Gasteiger partial charge in [-0.1, -0.05) is 20.3 Å². The molecule has 4 nitrogen and oxygen atoms in total. The number of carbonyl (C=O) groups is 1. The molecule has 0 bridgehead atoms. The summed E-state index contributed by atoms with van der Waals surface area (Å²) in [6.45, 7) is 9.07. The molecule has 1 atom stereocenters. The zero-order valence-electron chi connectivity index (χ0n) is 10.5. The molecule has 4 heteroatoms. The molecule has 1 saturated heterocycles. The number of carboxylic acids is 1. The number of likely N-dealkylation sites (tertiary alicyclic amines) is 1. The molecule has 0 aromatic carbocycles. The lowest BCUT2D eigenvalue weighted by Crippen LogP contribution is -2.62. The van der Waals surface area contributed by atoms with E-state index in [1.165, 1.54) is 12.8 Å². The Hall–Kier alpha value is -0.610. The number of ether oxygens (including phenoxy) is 1. The monoisotopic (exact) mass is 229 g/mol. The average Bonchev–Trinajstić information content (AvgIpc) is 2.12. The van der Waals surface area contributed by atoms with Crippen LogP contribution in [0.4, 0.5) is 0 Å². The molecule has 0 aromatic heterocycles. The first-order valence-electron chi connectivity index (χ1n) is 6.03. The van der Waals surface area contributed by atoms with Gasteiger partial charge in [-0.2, -0.15) is 0 Å². The Labute approximate surface area is 97.6 Å². The summed E-state index contributed by atoms with van der Waals surface area (Å²) in [6.07, 6.45) is 2.48. The van der Waals surface area contributed by atoms with Crippen molar-refractivity contribution in [2.24, 2.45) is 5.92 Å². The smallest absolute Gasteiger partial charge is 0.329 e. The summed E-state index contributed by atoms with van der Waals surface area (Å²) >= 11 is 0. The number of nitrogens with zero attached hydrogens (tertiary/aromatic N) is 1. The second kappa shape index (κ2) is 5.64. The van der Waals surface area contributed by atoms with Crippen molar-refractivity contribution in [3.05, 3.63) is 0 Å². The Bertz CT molecular complexity index is 236. The van der Waals surface area contributed by atoms with Crippen LogP contribution in [0, 0.1) is 5.92 Å². The second-order valence-corrected chi connectivity index (χ2v) is 5.20. The minimum absolute atomic E-state index is 0.186. The van der Waals surface area contributed by atoms with Gasteiger partial charge in [-0.25, -0.2) is 4.79 Å². The summed E-state index contributed by atoms with van der Waals surface area (Å²) in [5.41, 5.74) is -0.246. The Morgan fingerprint density at radius 1 is 1.56 bits per heavy atom. The highest BCUT2D eigenvalue weighted by Gasteiger charge is 2.40. The standard InChI is InChI=1S/C12H23NO3/c1-4-5-10(2)6-13-8-12(3,9-13)16-7-11(14)15/h10H,4-9H2,1-3H3,(H,14,15). The lowest BCUT2D eigenvalue weighted by Gasteiger charge is -2.48. The van der Waals surface area contributed by atoms with Gasteiger partial charge in [0.15, 0.2) is 0 Å². The fourth-order valence-corrected chi connectivity index (χ4v) is 2.38. The summed E-state index contributed by atoms with van der Waals surface area (Å²) in [5.74, 6) is -0.173. The maximum atomic E-state index is 10.4. The van der Waals surface area contributed by atoms with Gasteiger partial charge in [0.2, 0.25) is 0 Å². The van der Waals surface area contributed by atoms with Gasteiger partial charge in [0.1, 0.15) is 6.61 Å². The molecule has 0 saturated carbocycles. The highest BCUT2D eigenvalue weighted by atomic mass is 16.5. The van der Waals surface area contributed by atoms with Crippen molar-refractivity contribution in [3.63, 3.8) is 0 Å². The molecule has 1 aliphatic rings. The van der Waals surface area contributed by atoms with Crippen LogP contribution >= 0.6 is 0 Å². The normalized spacial score (nSPS) is 21.4. The van der Waals surface area contributed by atoms with Gasteiger partial charge in [0.05, 0.1) is 5.60 Å². The fraction of sp³-hybridized carbons (Fsp3) is 0.917. The average molecular weight is 229 g/mol. The molecule has 1 unspecified atom stereocenters. The van der Waals surface area contributed by atoms with Gasteiger partial charge in [-0.3, -0.25) is 4.90 Å². The first kappa shape index (κ1) is 13.5. The van der Waals surface area contributed by atoms with Gasteiger partial charge in [-0.05, 0) is 19.3 Å². The molecule has 94 valence electrons. The van der Waals surface area contributed by atoms with Gasteiger partial charge < -0.3 is 9.84 Å². The molecule has 0 radical (unpaired) electrons. The predicted octanol–water partition coefficient (Wildman–Crippen LogP) is 1.60. The zero-order chi connectivity index (χ0) is 12.2. The van der Waals surface area contributed by atoms with Crippen molar-refractivity contribution in [1.29, 1.82) is 0 Å². The lowest BCUT2D eigenvalue weighted by atomic mass is 9.94. The molecule has 1 aliphatic heterocycles. The number of hydrogen-bond acceptors (Lipinski definition) is 3. The molecule has 1 heterocycles. The van der Waals surface area contributed by atoms with E-state index in [-0.39, 0.29) is 12.2 Å². The van der Waals surface area contributed by atoms with Crippen molar-refractivity contribution in [2.75, 3.05) is 26.2 Å². The topological polar surface area (TPSA) is 49.8 Å². The van der Waals surface area contributed by atoms with E-state index in [0.29, 0.717) is 5.92 Å². The van der Waals surface area contributed by atoms with Crippen LogP contribution in [0.2, 0.25) is 0 Å². The first-order chi connectivity index (χ1) is 7.45. The van der Waals surface area contributed by atoms with Crippen molar-refractivity contribution in [1.82, 2.24) is 4.90 Å². The minimum Gasteiger partial charge on any atom is -0.480 e. The third-order valence-corrected chi connectivity index (χ3v) is 3.01. The minimum atomic E-state index is -0.890. The van der Waals surface area contributed by atoms with Crippen molar-refractivity contribution in [2.45, 2.75) is 39.2 Å². The number of carboxylic acid groups (broad SMARTS) is 1. The Balaban J connectivity index is 2.17. The van der Waals surface area contributed by atoms with E-state index in [4.69, 9.17) is 9.84 Å². The molecule has 1 rings (SSSR count). The summed E-state index contributed by atoms with van der Waals surface area (Å²) in [7, 11) is 0. The van der Waals surface area contributed by atoms with Crippen LogP contribution < -0.4 is 0 Å². The van der Waals surface area contributed by atoms with Gasteiger partial charge >= 0.3 is 5.97 Å². The fourth-order valence-electron chi connectivity index (χ4n) is 2.38. The third kappa shape index (κ3) is 4.10. The molecule has 0 aliphatic carbocycles. The second-order valence-electron chi connectivity index (χ2n) is 5.20. The molecule has 1 N–H and O–H groups in total. The molecule has 1 fully saturated rings. The van der Waals surface area contributed by atoms with Crippen LogP contribution in [0.5, 0.6) is 0 Å². The summed E-state index contributed by atoms with van der Waals surface area (Å²) in [4.78, 5) is 12.7. The maximum absolute atomic E-state index is 10.4. The molecule has 16 heavy (non-hydrogen) atoms. The van der Waals surface area contributed by atoms with Crippen molar-refractivity contribution < 1.29 is 14.6 Å². The van der Waals surface area contributed by atoms with Crippen LogP contribution in [0.1, 0.15) is 33.6 Å².